The number of benzene rings is 1. The van der Waals surface area contributed by atoms with E-state index in [-0.39, 0.29) is 11.7 Å². The van der Waals surface area contributed by atoms with Crippen LogP contribution in [0.2, 0.25) is 0 Å². The van der Waals surface area contributed by atoms with Crippen LogP contribution in [-0.4, -0.2) is 5.97 Å². The first-order valence-corrected chi connectivity index (χ1v) is 13.6. The van der Waals surface area contributed by atoms with Crippen LogP contribution in [0.15, 0.2) is 12.1 Å². The van der Waals surface area contributed by atoms with E-state index in [1.165, 1.54) is 70.3 Å². The van der Waals surface area contributed by atoms with Gasteiger partial charge in [-0.2, -0.15) is 5.26 Å². The molecule has 0 saturated heterocycles. The van der Waals surface area contributed by atoms with Crippen LogP contribution in [-0.2, 0) is 4.79 Å². The second-order valence-electron chi connectivity index (χ2n) is 11.2. The molecule has 4 atom stereocenters. The first-order chi connectivity index (χ1) is 16.5. The molecule has 0 radical (unpaired) electrons. The number of nitrogens with zero attached hydrogens (tertiary/aromatic N) is 1. The van der Waals surface area contributed by atoms with Crippen LogP contribution in [0.5, 0.6) is 5.75 Å². The highest BCUT2D eigenvalue weighted by atomic mass is 19.1. The van der Waals surface area contributed by atoms with Gasteiger partial charge in [0.05, 0.1) is 5.92 Å². The molecule has 3 saturated carbocycles. The predicted octanol–water partition coefficient (Wildman–Crippen LogP) is 7.96. The Bertz CT molecular complexity index is 864. The zero-order valence-electron chi connectivity index (χ0n) is 20.5. The Balaban J connectivity index is 1.22. The summed E-state index contributed by atoms with van der Waals surface area (Å²) in [6.07, 6.45) is 17.6. The van der Waals surface area contributed by atoms with Gasteiger partial charge in [0.15, 0.2) is 0 Å². The van der Waals surface area contributed by atoms with Crippen LogP contribution >= 0.6 is 0 Å². The molecule has 3 nitrogen and oxygen atoms in total. The van der Waals surface area contributed by atoms with Gasteiger partial charge in [-0.25, -0.2) is 8.78 Å². The van der Waals surface area contributed by atoms with Crippen molar-refractivity contribution in [3.05, 3.63) is 29.3 Å². The number of nitriles is 1. The first kappa shape index (κ1) is 25.1. The molecule has 5 heteroatoms. The van der Waals surface area contributed by atoms with Gasteiger partial charge in [0, 0.05) is 12.1 Å². The fourth-order valence-corrected chi connectivity index (χ4v) is 7.14. The lowest BCUT2D eigenvalue weighted by Crippen LogP contribution is -2.35. The number of carbonyl (C=O) groups excluding carboxylic acids is 1. The molecule has 0 aromatic heterocycles. The molecule has 1 aromatic rings. The minimum absolute atomic E-state index is 0.162. The van der Waals surface area contributed by atoms with Gasteiger partial charge in [-0.05, 0) is 87.4 Å². The first-order valence-electron chi connectivity index (χ1n) is 13.6. The molecule has 186 valence electrons. The van der Waals surface area contributed by atoms with Gasteiger partial charge < -0.3 is 4.74 Å². The highest BCUT2D eigenvalue weighted by molar-refractivity contribution is 5.75. The Hall–Kier alpha value is -1.96. The smallest absolute Gasteiger partial charge is 0.314 e. The van der Waals surface area contributed by atoms with E-state index >= 15 is 0 Å². The summed E-state index contributed by atoms with van der Waals surface area (Å²) >= 11 is 0. The van der Waals surface area contributed by atoms with E-state index in [1.54, 1.807) is 0 Å². The largest absolute Gasteiger partial charge is 0.426 e. The molecule has 1 aromatic carbocycles. The van der Waals surface area contributed by atoms with Crippen LogP contribution in [0.3, 0.4) is 0 Å². The number of ether oxygens (including phenoxy) is 1. The third kappa shape index (κ3) is 5.99. The van der Waals surface area contributed by atoms with Crippen molar-refractivity contribution in [3.8, 4) is 11.8 Å². The van der Waals surface area contributed by atoms with Crippen molar-refractivity contribution >= 4 is 5.97 Å². The van der Waals surface area contributed by atoms with E-state index < -0.39 is 23.2 Å². The molecule has 3 aliphatic rings. The van der Waals surface area contributed by atoms with E-state index in [0.717, 1.165) is 61.5 Å². The summed E-state index contributed by atoms with van der Waals surface area (Å²) in [5.74, 6) is 1.50. The van der Waals surface area contributed by atoms with Gasteiger partial charge in [0.25, 0.3) is 0 Å². The molecular formula is C29H39F2NO2. The van der Waals surface area contributed by atoms with Crippen molar-refractivity contribution in [2.24, 2.45) is 35.5 Å². The van der Waals surface area contributed by atoms with Crippen molar-refractivity contribution in [2.45, 2.75) is 96.8 Å². The van der Waals surface area contributed by atoms with Gasteiger partial charge in [-0.15, -0.1) is 0 Å². The molecule has 3 aliphatic carbocycles. The Morgan fingerprint density at radius 1 is 0.912 bits per heavy atom. The molecule has 0 aliphatic heterocycles. The Kier molecular flexibility index (Phi) is 8.61. The third-order valence-corrected chi connectivity index (χ3v) is 9.10. The van der Waals surface area contributed by atoms with E-state index in [0.29, 0.717) is 5.92 Å². The van der Waals surface area contributed by atoms with Crippen LogP contribution < -0.4 is 4.74 Å². The summed E-state index contributed by atoms with van der Waals surface area (Å²) in [7, 11) is 0. The van der Waals surface area contributed by atoms with Crippen molar-refractivity contribution in [3.63, 3.8) is 0 Å². The third-order valence-electron chi connectivity index (χ3n) is 9.10. The van der Waals surface area contributed by atoms with Gasteiger partial charge in [0.2, 0.25) is 0 Å². The lowest BCUT2D eigenvalue weighted by atomic mass is 9.60. The Labute approximate surface area is 203 Å². The summed E-state index contributed by atoms with van der Waals surface area (Å²) in [4.78, 5) is 12.6. The van der Waals surface area contributed by atoms with Crippen LogP contribution in [0.1, 0.15) is 102 Å². The van der Waals surface area contributed by atoms with Gasteiger partial charge in [-0.1, -0.05) is 39.0 Å². The monoisotopic (exact) mass is 471 g/mol. The zero-order chi connectivity index (χ0) is 24.1. The number of unbranched alkanes of at least 4 members (excludes halogenated alkanes) is 2. The van der Waals surface area contributed by atoms with E-state index in [1.807, 2.05) is 0 Å². The van der Waals surface area contributed by atoms with E-state index in [2.05, 4.69) is 6.92 Å². The second kappa shape index (κ2) is 11.6. The van der Waals surface area contributed by atoms with E-state index in [9.17, 15) is 13.6 Å². The Morgan fingerprint density at radius 2 is 1.50 bits per heavy atom. The molecule has 0 heterocycles. The number of halogens is 2. The minimum atomic E-state index is -1.00. The number of hydrogen-bond acceptors (Lipinski definition) is 3. The second-order valence-corrected chi connectivity index (χ2v) is 11.2. The van der Waals surface area contributed by atoms with Gasteiger partial charge in [0.1, 0.15) is 29.0 Å². The topological polar surface area (TPSA) is 50.1 Å². The predicted molar refractivity (Wildman–Crippen MR) is 128 cm³/mol. The standard InChI is InChI=1S/C29H39F2NO2/c1-2-3-4-5-19-6-7-24-15-23(13-12-22(24)14-19)20-8-10-21(11-9-20)29(33)34-25-16-27(30)26(18-32)28(31)17-25/h16-17,19-24H,2-15H2,1H3. The van der Waals surface area contributed by atoms with Crippen molar-refractivity contribution in [1.29, 1.82) is 5.26 Å². The average Bonchev–Trinajstić information content (AvgIpc) is 2.84. The lowest BCUT2D eigenvalue weighted by molar-refractivity contribution is -0.140. The molecule has 0 amide bonds. The van der Waals surface area contributed by atoms with Crippen molar-refractivity contribution < 1.29 is 18.3 Å². The molecule has 3 fully saturated rings. The lowest BCUT2D eigenvalue weighted by Gasteiger charge is -2.45. The average molecular weight is 472 g/mol. The van der Waals surface area contributed by atoms with Crippen molar-refractivity contribution in [2.75, 3.05) is 0 Å². The molecule has 4 rings (SSSR count). The van der Waals surface area contributed by atoms with Crippen LogP contribution in [0, 0.1) is 58.5 Å². The fourth-order valence-electron chi connectivity index (χ4n) is 7.14. The highest BCUT2D eigenvalue weighted by Gasteiger charge is 2.39. The SMILES string of the molecule is CCCCCC1CCC2CC(C3CCC(C(=O)Oc4cc(F)c(C#N)c(F)c4)CC3)CCC2C1. The van der Waals surface area contributed by atoms with E-state index in [4.69, 9.17) is 10.00 Å². The Morgan fingerprint density at radius 3 is 2.15 bits per heavy atom. The maximum atomic E-state index is 13.8. The normalized spacial score (nSPS) is 31.4. The highest BCUT2D eigenvalue weighted by Crippen LogP contribution is 2.49. The summed E-state index contributed by atoms with van der Waals surface area (Å²) in [6, 6.07) is 3.32. The number of fused-ring (bicyclic) bond motifs is 1. The zero-order valence-corrected chi connectivity index (χ0v) is 20.5. The quantitative estimate of drug-likeness (QED) is 0.230. The number of carbonyl (C=O) groups is 1. The molecule has 0 spiro atoms. The van der Waals surface area contributed by atoms with Gasteiger partial charge in [-0.3, -0.25) is 4.79 Å². The van der Waals surface area contributed by atoms with Gasteiger partial charge >= 0.3 is 5.97 Å². The van der Waals surface area contributed by atoms with Crippen LogP contribution in [0.25, 0.3) is 0 Å². The molecule has 4 unspecified atom stereocenters. The van der Waals surface area contributed by atoms with Crippen molar-refractivity contribution in [1.82, 2.24) is 0 Å². The number of esters is 1. The molecule has 0 N–H and O–H groups in total. The molecule has 0 bridgehead atoms. The summed E-state index contributed by atoms with van der Waals surface area (Å²) in [5.41, 5.74) is -0.653. The number of hydrogen-bond donors (Lipinski definition) is 0. The van der Waals surface area contributed by atoms with Crippen LogP contribution in [0.4, 0.5) is 8.78 Å². The maximum Gasteiger partial charge on any atom is 0.314 e. The minimum Gasteiger partial charge on any atom is -0.426 e. The summed E-state index contributed by atoms with van der Waals surface area (Å²) in [5, 5.41) is 8.79. The number of rotatable bonds is 7. The maximum absolute atomic E-state index is 13.8. The summed E-state index contributed by atoms with van der Waals surface area (Å²) < 4.78 is 32.9. The fraction of sp³-hybridized carbons (Fsp3) is 0.724. The molecular weight excluding hydrogens is 432 g/mol. The molecule has 34 heavy (non-hydrogen) atoms. The summed E-state index contributed by atoms with van der Waals surface area (Å²) in [6.45, 7) is 2.28.